The van der Waals surface area contributed by atoms with Gasteiger partial charge >= 0.3 is 0 Å². The van der Waals surface area contributed by atoms with Gasteiger partial charge < -0.3 is 14.8 Å². The van der Waals surface area contributed by atoms with Gasteiger partial charge in [-0.2, -0.15) is 0 Å². The zero-order chi connectivity index (χ0) is 15.0. The molecule has 0 spiro atoms. The quantitative estimate of drug-likeness (QED) is 0.868. The summed E-state index contributed by atoms with van der Waals surface area (Å²) in [4.78, 5) is 30.8. The molecule has 1 aromatic carbocycles. The van der Waals surface area contributed by atoms with E-state index in [1.807, 2.05) is 36.1 Å². The molecule has 0 saturated carbocycles. The summed E-state index contributed by atoms with van der Waals surface area (Å²) in [5, 5.41) is 1.09. The third-order valence-corrected chi connectivity index (χ3v) is 4.19. The number of hydrogen-bond donors (Lipinski definition) is 1. The summed E-state index contributed by atoms with van der Waals surface area (Å²) in [6.45, 7) is 5.94. The van der Waals surface area contributed by atoms with Crippen LogP contribution in [0.5, 0.6) is 0 Å². The first-order chi connectivity index (χ1) is 10.1. The molecule has 110 valence electrons. The lowest BCUT2D eigenvalue weighted by molar-refractivity contribution is -0.130. The number of carbonyl (C=O) groups excluding carboxylic acids is 2. The highest BCUT2D eigenvalue weighted by atomic mass is 16.2. The summed E-state index contributed by atoms with van der Waals surface area (Å²) in [5.74, 6) is 0.0933. The Balaban J connectivity index is 1.82. The summed E-state index contributed by atoms with van der Waals surface area (Å²) >= 11 is 0. The van der Waals surface area contributed by atoms with Gasteiger partial charge in [-0.1, -0.05) is 18.2 Å². The van der Waals surface area contributed by atoms with Crippen molar-refractivity contribution in [2.24, 2.45) is 0 Å². The first-order valence-electron chi connectivity index (χ1n) is 7.20. The number of aromatic amines is 1. The fraction of sp³-hybridized carbons (Fsp3) is 0.375. The van der Waals surface area contributed by atoms with Crippen LogP contribution in [0.2, 0.25) is 0 Å². The molecule has 1 aliphatic heterocycles. The minimum absolute atomic E-state index is 0.0203. The monoisotopic (exact) mass is 285 g/mol. The predicted octanol–water partition coefficient (Wildman–Crippen LogP) is 1.78. The van der Waals surface area contributed by atoms with Crippen LogP contribution in [0, 0.1) is 6.92 Å². The smallest absolute Gasteiger partial charge is 0.270 e. The zero-order valence-electron chi connectivity index (χ0n) is 12.3. The van der Waals surface area contributed by atoms with Crippen LogP contribution in [-0.2, 0) is 4.79 Å². The van der Waals surface area contributed by atoms with Crippen molar-refractivity contribution < 1.29 is 9.59 Å². The van der Waals surface area contributed by atoms with Gasteiger partial charge in [0.15, 0.2) is 0 Å². The molecule has 0 unspecified atom stereocenters. The number of nitrogens with one attached hydrogen (secondary N) is 1. The fourth-order valence-corrected chi connectivity index (χ4v) is 2.88. The highest BCUT2D eigenvalue weighted by Crippen LogP contribution is 2.22. The molecule has 2 amide bonds. The molecule has 0 atom stereocenters. The van der Waals surface area contributed by atoms with Crippen LogP contribution in [0.25, 0.3) is 10.9 Å². The van der Waals surface area contributed by atoms with Crippen molar-refractivity contribution in [1.82, 2.24) is 14.8 Å². The van der Waals surface area contributed by atoms with Gasteiger partial charge in [-0.05, 0) is 18.6 Å². The number of carbonyl (C=O) groups is 2. The molecule has 21 heavy (non-hydrogen) atoms. The lowest BCUT2D eigenvalue weighted by atomic mass is 10.1. The second kappa shape index (κ2) is 5.24. The molecule has 2 heterocycles. The number of aromatic nitrogens is 1. The van der Waals surface area contributed by atoms with Gasteiger partial charge in [0.25, 0.3) is 5.91 Å². The Bertz CT molecular complexity index is 697. The van der Waals surface area contributed by atoms with Crippen molar-refractivity contribution in [3.8, 4) is 0 Å². The number of piperazine rings is 1. The molecular formula is C16H19N3O2. The minimum atomic E-state index is 0.0203. The van der Waals surface area contributed by atoms with Crippen LogP contribution in [0.1, 0.15) is 23.0 Å². The summed E-state index contributed by atoms with van der Waals surface area (Å²) < 4.78 is 0. The molecule has 5 nitrogen and oxygen atoms in total. The van der Waals surface area contributed by atoms with E-state index >= 15 is 0 Å². The Labute approximate surface area is 123 Å². The van der Waals surface area contributed by atoms with Gasteiger partial charge in [0, 0.05) is 44.0 Å². The van der Waals surface area contributed by atoms with Gasteiger partial charge in [-0.15, -0.1) is 0 Å². The SMILES string of the molecule is CC(=O)N1CCN(C(=O)c2[nH]c3ccccc3c2C)CC1. The number of hydrogen-bond acceptors (Lipinski definition) is 2. The Kier molecular flexibility index (Phi) is 3.41. The van der Waals surface area contributed by atoms with E-state index in [0.29, 0.717) is 31.9 Å². The molecule has 0 radical (unpaired) electrons. The molecular weight excluding hydrogens is 266 g/mol. The second-order valence-electron chi connectivity index (χ2n) is 5.47. The maximum absolute atomic E-state index is 12.7. The topological polar surface area (TPSA) is 56.4 Å². The van der Waals surface area contributed by atoms with E-state index < -0.39 is 0 Å². The van der Waals surface area contributed by atoms with E-state index in [0.717, 1.165) is 16.5 Å². The van der Waals surface area contributed by atoms with E-state index in [1.54, 1.807) is 11.8 Å². The number of amides is 2. The molecule has 1 fully saturated rings. The number of nitrogens with zero attached hydrogens (tertiary/aromatic N) is 2. The van der Waals surface area contributed by atoms with Crippen molar-refractivity contribution in [3.05, 3.63) is 35.5 Å². The van der Waals surface area contributed by atoms with Crippen molar-refractivity contribution >= 4 is 22.7 Å². The van der Waals surface area contributed by atoms with E-state index in [2.05, 4.69) is 4.98 Å². The van der Waals surface area contributed by atoms with E-state index in [9.17, 15) is 9.59 Å². The lowest BCUT2D eigenvalue weighted by Gasteiger charge is -2.34. The first-order valence-corrected chi connectivity index (χ1v) is 7.20. The zero-order valence-corrected chi connectivity index (χ0v) is 12.3. The Morgan fingerprint density at radius 2 is 1.67 bits per heavy atom. The predicted molar refractivity (Wildman–Crippen MR) is 81.2 cm³/mol. The van der Waals surface area contributed by atoms with Crippen LogP contribution in [0.4, 0.5) is 0 Å². The Morgan fingerprint density at radius 1 is 1.05 bits per heavy atom. The molecule has 2 aromatic rings. The van der Waals surface area contributed by atoms with E-state index in [4.69, 9.17) is 0 Å². The van der Waals surface area contributed by atoms with Crippen LogP contribution >= 0.6 is 0 Å². The van der Waals surface area contributed by atoms with Crippen molar-refractivity contribution in [2.75, 3.05) is 26.2 Å². The van der Waals surface area contributed by atoms with Crippen molar-refractivity contribution in [1.29, 1.82) is 0 Å². The van der Waals surface area contributed by atoms with Crippen LogP contribution < -0.4 is 0 Å². The molecule has 1 N–H and O–H groups in total. The van der Waals surface area contributed by atoms with E-state index in [1.165, 1.54) is 0 Å². The summed E-state index contributed by atoms with van der Waals surface area (Å²) in [7, 11) is 0. The highest BCUT2D eigenvalue weighted by Gasteiger charge is 2.25. The highest BCUT2D eigenvalue weighted by molar-refractivity contribution is 6.01. The average Bonchev–Trinajstić information content (AvgIpc) is 2.84. The number of rotatable bonds is 1. The molecule has 5 heteroatoms. The molecule has 1 saturated heterocycles. The van der Waals surface area contributed by atoms with Crippen molar-refractivity contribution in [2.45, 2.75) is 13.8 Å². The standard InChI is InChI=1S/C16H19N3O2/c1-11-13-5-3-4-6-14(13)17-15(11)16(21)19-9-7-18(8-10-19)12(2)20/h3-6,17H,7-10H2,1-2H3. The third kappa shape index (κ3) is 2.39. The maximum Gasteiger partial charge on any atom is 0.270 e. The lowest BCUT2D eigenvalue weighted by Crippen LogP contribution is -2.50. The molecule has 3 rings (SSSR count). The third-order valence-electron chi connectivity index (χ3n) is 4.19. The van der Waals surface area contributed by atoms with E-state index in [-0.39, 0.29) is 11.8 Å². The van der Waals surface area contributed by atoms with Crippen LogP contribution in [-0.4, -0.2) is 52.8 Å². The first kappa shape index (κ1) is 13.7. The summed E-state index contributed by atoms with van der Waals surface area (Å²) in [6.07, 6.45) is 0. The maximum atomic E-state index is 12.7. The number of H-pyrrole nitrogens is 1. The molecule has 1 aromatic heterocycles. The van der Waals surface area contributed by atoms with Gasteiger partial charge in [0.2, 0.25) is 5.91 Å². The van der Waals surface area contributed by atoms with Gasteiger partial charge in [-0.3, -0.25) is 9.59 Å². The molecule has 0 bridgehead atoms. The Morgan fingerprint density at radius 3 is 2.29 bits per heavy atom. The molecule has 0 aliphatic carbocycles. The summed E-state index contributed by atoms with van der Waals surface area (Å²) in [5.41, 5.74) is 2.64. The average molecular weight is 285 g/mol. The number of aryl methyl sites for hydroxylation is 1. The number of fused-ring (bicyclic) bond motifs is 1. The minimum Gasteiger partial charge on any atom is -0.350 e. The van der Waals surface area contributed by atoms with Crippen LogP contribution in [0.15, 0.2) is 24.3 Å². The van der Waals surface area contributed by atoms with Gasteiger partial charge in [0.1, 0.15) is 5.69 Å². The Hall–Kier alpha value is -2.30. The van der Waals surface area contributed by atoms with Gasteiger partial charge in [-0.25, -0.2) is 0 Å². The largest absolute Gasteiger partial charge is 0.350 e. The van der Waals surface area contributed by atoms with Crippen LogP contribution in [0.3, 0.4) is 0 Å². The second-order valence-corrected chi connectivity index (χ2v) is 5.47. The number of para-hydroxylation sites is 1. The fourth-order valence-electron chi connectivity index (χ4n) is 2.88. The summed E-state index contributed by atoms with van der Waals surface area (Å²) in [6, 6.07) is 7.93. The van der Waals surface area contributed by atoms with Crippen molar-refractivity contribution in [3.63, 3.8) is 0 Å². The normalized spacial score (nSPS) is 15.5. The number of benzene rings is 1. The van der Waals surface area contributed by atoms with Gasteiger partial charge in [0.05, 0.1) is 0 Å². The molecule has 1 aliphatic rings.